The fourth-order valence-corrected chi connectivity index (χ4v) is 4.25. The Labute approximate surface area is 315 Å². The normalized spacial score (nSPS) is 17.9. The Kier molecular flexibility index (Phi) is 22.6. The van der Waals surface area contributed by atoms with Crippen LogP contribution in [0.4, 0.5) is 5.69 Å². The molecule has 0 fully saturated rings. The van der Waals surface area contributed by atoms with Gasteiger partial charge in [0.15, 0.2) is 23.3 Å². The first-order valence-corrected chi connectivity index (χ1v) is 15.2. The first kappa shape index (κ1) is 44.9. The van der Waals surface area contributed by atoms with Crippen LogP contribution in [-0.2, 0) is 19.8 Å². The average Bonchev–Trinajstić information content (AvgIpc) is 3.87. The molecule has 2 atom stereocenters. The van der Waals surface area contributed by atoms with E-state index in [1.165, 1.54) is 19.3 Å². The van der Waals surface area contributed by atoms with E-state index in [4.69, 9.17) is 5.73 Å². The van der Waals surface area contributed by atoms with E-state index < -0.39 is 0 Å². The standard InChI is InChI=1S/C16H22N4.2C8H10N4.3ClH.Os/c17-9-4-1-2-5-10-18-14-8-12-20-16(13-14)15-7-3-6-11-19-15;2*1-5-6(2)12-8(11-5)7-9-3-4-10-7;;;;/h3,6-8,11-13H,1-2,4-5,9-10,17H2,(H,18,20);2*3,5H,4H2,1-2H3;3*1H;/p-3/t;2*5-;;;;/m.11..../s1. The Balaban J connectivity index is 0.000000692. The molecule has 0 bridgehead atoms. The number of anilines is 1. The number of aromatic nitrogens is 2. The number of amidine groups is 4. The van der Waals surface area contributed by atoms with Gasteiger partial charge >= 0.3 is 0 Å². The minimum Gasteiger partial charge on any atom is -1.00 e. The number of unbranched alkanes of at least 4 members (excludes halogenated alkanes) is 3. The van der Waals surface area contributed by atoms with Gasteiger partial charge in [-0.1, -0.05) is 18.9 Å². The predicted molar refractivity (Wildman–Crippen MR) is 185 cm³/mol. The van der Waals surface area contributed by atoms with Crippen LogP contribution in [0.5, 0.6) is 0 Å². The molecule has 0 saturated heterocycles. The first-order chi connectivity index (χ1) is 21.4. The van der Waals surface area contributed by atoms with Gasteiger partial charge in [0.2, 0.25) is 0 Å². The Bertz CT molecular complexity index is 1460. The van der Waals surface area contributed by atoms with Gasteiger partial charge < -0.3 is 48.3 Å². The van der Waals surface area contributed by atoms with Crippen molar-refractivity contribution >= 4 is 52.9 Å². The molecule has 262 valence electrons. The first-order valence-electron chi connectivity index (χ1n) is 15.2. The minimum absolute atomic E-state index is 0. The molecule has 4 aliphatic rings. The van der Waals surface area contributed by atoms with E-state index in [2.05, 4.69) is 55.2 Å². The maximum absolute atomic E-state index is 5.48. The molecule has 0 radical (unpaired) electrons. The molecule has 16 heteroatoms. The molecule has 6 rings (SSSR count). The van der Waals surface area contributed by atoms with Gasteiger partial charge in [-0.2, -0.15) is 0 Å². The fourth-order valence-electron chi connectivity index (χ4n) is 4.25. The Morgan fingerprint density at radius 2 is 1.27 bits per heavy atom. The predicted octanol–water partition coefficient (Wildman–Crippen LogP) is -4.45. The summed E-state index contributed by atoms with van der Waals surface area (Å²) in [6, 6.07) is 10.3. The van der Waals surface area contributed by atoms with Crippen LogP contribution in [-0.4, -0.2) is 95.4 Å². The zero-order valence-electron chi connectivity index (χ0n) is 27.5. The number of hydrogen-bond acceptors (Lipinski definition) is 12. The molecule has 0 spiro atoms. The second kappa shape index (κ2) is 24.1. The van der Waals surface area contributed by atoms with Crippen LogP contribution in [0.1, 0.15) is 53.4 Å². The van der Waals surface area contributed by atoms with Crippen LogP contribution >= 0.6 is 0 Å². The molecule has 4 aliphatic heterocycles. The van der Waals surface area contributed by atoms with Crippen molar-refractivity contribution in [3.05, 3.63) is 42.7 Å². The van der Waals surface area contributed by atoms with Crippen LogP contribution in [0.2, 0.25) is 0 Å². The van der Waals surface area contributed by atoms with Crippen molar-refractivity contribution in [2.45, 2.75) is 65.5 Å². The SMILES string of the molecule is CC1=NC(C2=NCC=N2)=N[C@@H]1C.CC1=NC(C2=NCC=N2)=N[C@@H]1C.NCCCCCCNc1ccnc(-c2ccccn2)c1.[Cl-].[Cl-].[Cl-].[Os]. The van der Waals surface area contributed by atoms with Gasteiger partial charge in [-0.15, -0.1) is 0 Å². The van der Waals surface area contributed by atoms with Gasteiger partial charge in [0.25, 0.3) is 0 Å². The van der Waals surface area contributed by atoms with Gasteiger partial charge in [0, 0.05) is 68.3 Å². The number of nitrogens with one attached hydrogen (secondary N) is 1. The summed E-state index contributed by atoms with van der Waals surface area (Å²) < 4.78 is 0. The molecule has 48 heavy (non-hydrogen) atoms. The summed E-state index contributed by atoms with van der Waals surface area (Å²) in [7, 11) is 0. The maximum Gasteiger partial charge on any atom is 0.193 e. The summed E-state index contributed by atoms with van der Waals surface area (Å²) >= 11 is 0. The van der Waals surface area contributed by atoms with E-state index >= 15 is 0 Å². The number of hydrogen-bond donors (Lipinski definition) is 2. The third-order valence-electron chi connectivity index (χ3n) is 7.03. The number of halogens is 3. The van der Waals surface area contributed by atoms with E-state index in [9.17, 15) is 0 Å². The summed E-state index contributed by atoms with van der Waals surface area (Å²) in [4.78, 5) is 42.3. The van der Waals surface area contributed by atoms with Gasteiger partial charge in [0.05, 0.1) is 36.6 Å². The second-order valence-corrected chi connectivity index (χ2v) is 10.5. The minimum atomic E-state index is 0. The molecule has 3 N–H and O–H groups in total. The summed E-state index contributed by atoms with van der Waals surface area (Å²) in [5.74, 6) is 2.74. The molecular weight excluding hydrogens is 849 g/mol. The van der Waals surface area contributed by atoms with Crippen LogP contribution in [0.15, 0.2) is 82.7 Å². The Morgan fingerprint density at radius 3 is 1.73 bits per heavy atom. The Morgan fingerprint density at radius 1 is 0.708 bits per heavy atom. The number of nitrogens with two attached hydrogens (primary N) is 1. The zero-order valence-corrected chi connectivity index (χ0v) is 32.4. The number of pyridine rings is 2. The van der Waals surface area contributed by atoms with Gasteiger partial charge in [-0.05, 0) is 71.3 Å². The van der Waals surface area contributed by atoms with Crippen molar-refractivity contribution in [3.8, 4) is 11.4 Å². The molecule has 0 aliphatic carbocycles. The van der Waals surface area contributed by atoms with Crippen LogP contribution in [0.25, 0.3) is 11.4 Å². The van der Waals surface area contributed by atoms with Crippen LogP contribution in [0, 0.1) is 0 Å². The van der Waals surface area contributed by atoms with Gasteiger partial charge in [0.1, 0.15) is 0 Å². The van der Waals surface area contributed by atoms with E-state index in [1.807, 2.05) is 64.2 Å². The van der Waals surface area contributed by atoms with E-state index in [0.717, 1.165) is 48.0 Å². The largest absolute Gasteiger partial charge is 1.00 e. The average molecular weight is 891 g/mol. The van der Waals surface area contributed by atoms with E-state index in [0.29, 0.717) is 36.4 Å². The topological polar surface area (TPSA) is 163 Å². The molecular formula is C32H42Cl3N12Os-3. The quantitative estimate of drug-likeness (QED) is 0.231. The van der Waals surface area contributed by atoms with Crippen molar-refractivity contribution < 1.29 is 57.0 Å². The summed E-state index contributed by atoms with van der Waals surface area (Å²) in [6.07, 6.45) is 11.9. The summed E-state index contributed by atoms with van der Waals surface area (Å²) in [5, 5.41) is 3.43. The molecule has 12 nitrogen and oxygen atoms in total. The van der Waals surface area contributed by atoms with Crippen molar-refractivity contribution in [3.63, 3.8) is 0 Å². The molecule has 0 saturated carbocycles. The second-order valence-electron chi connectivity index (χ2n) is 10.5. The molecule has 0 unspecified atom stereocenters. The fraction of sp³-hybridized carbons (Fsp3) is 0.438. The van der Waals surface area contributed by atoms with Crippen molar-refractivity contribution in [2.24, 2.45) is 45.7 Å². The van der Waals surface area contributed by atoms with Crippen LogP contribution < -0.4 is 48.3 Å². The molecule has 2 aromatic heterocycles. The van der Waals surface area contributed by atoms with Gasteiger partial charge in [-0.25, -0.2) is 20.0 Å². The zero-order chi connectivity index (χ0) is 31.1. The molecule has 0 aromatic carbocycles. The number of rotatable bonds is 10. The van der Waals surface area contributed by atoms with E-state index in [-0.39, 0.29) is 69.1 Å². The monoisotopic (exact) mass is 891 g/mol. The van der Waals surface area contributed by atoms with Crippen molar-refractivity contribution in [1.29, 1.82) is 0 Å². The molecule has 6 heterocycles. The molecule has 0 amide bonds. The van der Waals surface area contributed by atoms with Crippen molar-refractivity contribution in [2.75, 3.05) is 31.5 Å². The summed E-state index contributed by atoms with van der Waals surface area (Å²) in [6.45, 7) is 11.1. The Hall–Kier alpha value is -3.07. The summed E-state index contributed by atoms with van der Waals surface area (Å²) in [5.41, 5.74) is 10.5. The maximum atomic E-state index is 5.48. The van der Waals surface area contributed by atoms with Crippen LogP contribution in [0.3, 0.4) is 0 Å². The smallest absolute Gasteiger partial charge is 0.193 e. The number of nitrogens with zero attached hydrogens (tertiary/aromatic N) is 10. The third kappa shape index (κ3) is 14.2. The van der Waals surface area contributed by atoms with Crippen molar-refractivity contribution in [1.82, 2.24) is 9.97 Å². The number of aliphatic imine (C=N–C) groups is 8. The molecule has 2 aromatic rings. The third-order valence-corrected chi connectivity index (χ3v) is 7.03. The van der Waals surface area contributed by atoms with E-state index in [1.54, 1.807) is 18.6 Å². The van der Waals surface area contributed by atoms with Gasteiger partial charge in [-0.3, -0.25) is 29.9 Å².